The van der Waals surface area contributed by atoms with Crippen molar-refractivity contribution in [3.8, 4) is 11.5 Å². The second-order valence-electron chi connectivity index (χ2n) is 13.2. The van der Waals surface area contributed by atoms with Crippen LogP contribution in [0.4, 0.5) is 0 Å². The average molecular weight is 661 g/mol. The van der Waals surface area contributed by atoms with Gasteiger partial charge in [-0.3, -0.25) is 14.3 Å². The van der Waals surface area contributed by atoms with E-state index in [4.69, 9.17) is 23.4 Å². The van der Waals surface area contributed by atoms with Crippen molar-refractivity contribution >= 4 is 8.32 Å². The molecule has 4 atom stereocenters. The number of methoxy groups -OCH3 is 2. The Morgan fingerprint density at radius 3 is 1.85 bits per heavy atom. The maximum absolute atomic E-state index is 12.8. The summed E-state index contributed by atoms with van der Waals surface area (Å²) in [5, 5.41) is 11.6. The molecule has 0 unspecified atom stereocenters. The largest absolute Gasteiger partial charge is 0.497 e. The Hall–Kier alpha value is -4.00. The van der Waals surface area contributed by atoms with Gasteiger partial charge in [-0.15, -0.1) is 0 Å². The lowest BCUT2D eigenvalue weighted by Gasteiger charge is -2.41. The van der Waals surface area contributed by atoms with E-state index in [0.29, 0.717) is 11.5 Å². The van der Waals surface area contributed by atoms with Gasteiger partial charge in [-0.2, -0.15) is 0 Å². The third kappa shape index (κ3) is 6.86. The molecular weight excluding hydrogens is 616 g/mol. The first-order valence-corrected chi connectivity index (χ1v) is 18.5. The van der Waals surface area contributed by atoms with Crippen LogP contribution >= 0.6 is 0 Å². The zero-order valence-corrected chi connectivity index (χ0v) is 28.9. The summed E-state index contributed by atoms with van der Waals surface area (Å²) in [5.74, 6) is 1.40. The topological polar surface area (TPSA) is 121 Å². The highest BCUT2D eigenvalue weighted by Crippen LogP contribution is 2.44. The maximum atomic E-state index is 12.8. The Balaban J connectivity index is 1.62. The van der Waals surface area contributed by atoms with Crippen LogP contribution in [0.25, 0.3) is 0 Å². The Labute approximate surface area is 276 Å². The van der Waals surface area contributed by atoms with Crippen LogP contribution in [0.15, 0.2) is 101 Å². The van der Waals surface area contributed by atoms with Gasteiger partial charge in [0.2, 0.25) is 0 Å². The van der Waals surface area contributed by atoms with Crippen molar-refractivity contribution in [3.05, 3.63) is 129 Å². The second-order valence-corrected chi connectivity index (χ2v) is 18.0. The van der Waals surface area contributed by atoms with E-state index in [2.05, 4.69) is 38.8 Å². The molecule has 0 radical (unpaired) electrons. The highest BCUT2D eigenvalue weighted by molar-refractivity contribution is 6.74. The molecule has 0 amide bonds. The number of hydrogen-bond donors (Lipinski definition) is 2. The molecule has 1 aliphatic heterocycles. The van der Waals surface area contributed by atoms with Crippen LogP contribution < -0.4 is 20.7 Å². The standard InChI is InChI=1S/C36H44N2O8Si/c1-35(2,3)47(6,7)46-32-29(45-33(31(32)40)38-22-21-30(39)37-34(38)41)23-44-36(24-11-9-8-10-12-24,25-13-17-27(42-4)18-14-25)26-15-19-28(43-5)20-16-26/h8-22,29,31-33,40H,23H2,1-7H3,(H,37,39,41)/t29-,31+,32+,33-/m0/s1. The van der Waals surface area contributed by atoms with Crippen molar-refractivity contribution < 1.29 is 28.5 Å². The van der Waals surface area contributed by atoms with Gasteiger partial charge in [-0.05, 0) is 59.1 Å². The summed E-state index contributed by atoms with van der Waals surface area (Å²) >= 11 is 0. The van der Waals surface area contributed by atoms with Crippen molar-refractivity contribution in [1.29, 1.82) is 0 Å². The number of H-pyrrole nitrogens is 1. The van der Waals surface area contributed by atoms with Gasteiger partial charge < -0.3 is 28.5 Å². The zero-order valence-electron chi connectivity index (χ0n) is 27.9. The first-order valence-electron chi connectivity index (χ1n) is 15.6. The predicted octanol–water partition coefficient (Wildman–Crippen LogP) is 5.21. The number of hydrogen-bond acceptors (Lipinski definition) is 8. The van der Waals surface area contributed by atoms with Gasteiger partial charge in [0.15, 0.2) is 14.5 Å². The first kappa shape index (κ1) is 34.3. The molecule has 0 saturated carbocycles. The Kier molecular flexibility index (Phi) is 9.95. The third-order valence-corrected chi connectivity index (χ3v) is 13.8. The van der Waals surface area contributed by atoms with Gasteiger partial charge in [0.05, 0.1) is 20.8 Å². The Morgan fingerprint density at radius 2 is 1.36 bits per heavy atom. The minimum atomic E-state index is -2.46. The Morgan fingerprint density at radius 1 is 0.830 bits per heavy atom. The lowest BCUT2D eigenvalue weighted by Crippen LogP contribution is -2.50. The molecule has 5 rings (SSSR count). The van der Waals surface area contributed by atoms with E-state index >= 15 is 0 Å². The lowest BCUT2D eigenvalue weighted by molar-refractivity contribution is -0.0948. The van der Waals surface area contributed by atoms with Crippen LogP contribution in [-0.4, -0.2) is 62.1 Å². The number of ether oxygens (including phenoxy) is 4. The summed E-state index contributed by atoms with van der Waals surface area (Å²) in [5.41, 5.74) is 0.169. The number of nitrogens with one attached hydrogen (secondary N) is 1. The van der Waals surface area contributed by atoms with Crippen LogP contribution in [0.5, 0.6) is 11.5 Å². The molecule has 2 N–H and O–H groups in total. The quantitative estimate of drug-likeness (QED) is 0.166. The number of aliphatic hydroxyl groups is 1. The molecule has 1 fully saturated rings. The van der Waals surface area contributed by atoms with Gasteiger partial charge in [0.1, 0.15) is 35.4 Å². The van der Waals surface area contributed by atoms with Crippen LogP contribution in [-0.2, 0) is 19.5 Å². The monoisotopic (exact) mass is 660 g/mol. The van der Waals surface area contributed by atoms with Crippen molar-refractivity contribution in [2.24, 2.45) is 0 Å². The summed E-state index contributed by atoms with van der Waals surface area (Å²) in [6.45, 7) is 10.5. The number of nitrogens with zero attached hydrogens (tertiary/aromatic N) is 1. The predicted molar refractivity (Wildman–Crippen MR) is 182 cm³/mol. The van der Waals surface area contributed by atoms with E-state index in [9.17, 15) is 14.7 Å². The third-order valence-electron chi connectivity index (χ3n) is 9.31. The molecule has 0 aliphatic carbocycles. The minimum Gasteiger partial charge on any atom is -0.497 e. The van der Waals surface area contributed by atoms with E-state index < -0.39 is 49.7 Å². The zero-order chi connectivity index (χ0) is 34.0. The lowest BCUT2D eigenvalue weighted by atomic mass is 9.80. The van der Waals surface area contributed by atoms with Crippen LogP contribution in [0, 0.1) is 0 Å². The fourth-order valence-electron chi connectivity index (χ4n) is 5.66. The fourth-order valence-corrected chi connectivity index (χ4v) is 6.98. The van der Waals surface area contributed by atoms with Gasteiger partial charge in [-0.1, -0.05) is 75.4 Å². The van der Waals surface area contributed by atoms with Crippen molar-refractivity contribution in [3.63, 3.8) is 0 Å². The number of benzene rings is 3. The van der Waals surface area contributed by atoms with Gasteiger partial charge in [0.25, 0.3) is 5.56 Å². The normalized spacial score (nSPS) is 20.3. The molecule has 1 saturated heterocycles. The van der Waals surface area contributed by atoms with Crippen LogP contribution in [0.1, 0.15) is 43.7 Å². The highest BCUT2D eigenvalue weighted by atomic mass is 28.4. The van der Waals surface area contributed by atoms with E-state index in [1.165, 1.54) is 16.8 Å². The molecule has 3 aromatic carbocycles. The molecule has 1 aromatic heterocycles. The molecule has 250 valence electrons. The van der Waals surface area contributed by atoms with E-state index in [1.807, 2.05) is 78.9 Å². The summed E-state index contributed by atoms with van der Waals surface area (Å²) in [7, 11) is 0.777. The summed E-state index contributed by atoms with van der Waals surface area (Å²) in [6.07, 6.45) is -2.64. The number of aromatic amines is 1. The van der Waals surface area contributed by atoms with Crippen molar-refractivity contribution in [2.45, 2.75) is 69.0 Å². The van der Waals surface area contributed by atoms with Gasteiger partial charge >= 0.3 is 5.69 Å². The van der Waals surface area contributed by atoms with E-state index in [-0.39, 0.29) is 11.6 Å². The molecule has 1 aliphatic rings. The van der Waals surface area contributed by atoms with E-state index in [0.717, 1.165) is 16.7 Å². The van der Waals surface area contributed by atoms with Crippen LogP contribution in [0.2, 0.25) is 18.1 Å². The van der Waals surface area contributed by atoms with E-state index in [1.54, 1.807) is 14.2 Å². The summed E-state index contributed by atoms with van der Waals surface area (Å²) in [4.78, 5) is 26.9. The maximum Gasteiger partial charge on any atom is 0.330 e. The van der Waals surface area contributed by atoms with Crippen LogP contribution in [0.3, 0.4) is 0 Å². The first-order chi connectivity index (χ1) is 22.3. The molecular formula is C36H44N2O8Si. The molecule has 11 heteroatoms. The number of aliphatic hydroxyl groups excluding tert-OH is 1. The molecule has 0 bridgehead atoms. The van der Waals surface area contributed by atoms with Gasteiger partial charge in [0, 0.05) is 12.3 Å². The molecule has 4 aromatic rings. The molecule has 47 heavy (non-hydrogen) atoms. The SMILES string of the molecule is COc1ccc(C(OC[C@@H]2O[C@H](n3ccc(=O)[nH]c3=O)[C@H](O)[C@@H]2O[Si](C)(C)C(C)(C)C)(c2ccccc2)c2ccc(OC)cc2)cc1. The van der Waals surface area contributed by atoms with Gasteiger partial charge in [-0.25, -0.2) is 4.79 Å². The summed E-state index contributed by atoms with van der Waals surface area (Å²) < 4.78 is 32.5. The molecule has 10 nitrogen and oxygen atoms in total. The Bertz CT molecular complexity index is 1700. The number of rotatable bonds is 11. The summed E-state index contributed by atoms with van der Waals surface area (Å²) in [6, 6.07) is 26.5. The smallest absolute Gasteiger partial charge is 0.330 e. The average Bonchev–Trinajstić information content (AvgIpc) is 3.35. The number of aromatic nitrogens is 2. The highest BCUT2D eigenvalue weighted by Gasteiger charge is 2.51. The van der Waals surface area contributed by atoms with Crippen molar-refractivity contribution in [1.82, 2.24) is 9.55 Å². The molecule has 2 heterocycles. The minimum absolute atomic E-state index is 0.0160. The fraction of sp³-hybridized carbons (Fsp3) is 0.389. The molecule has 0 spiro atoms. The van der Waals surface area contributed by atoms with Crippen molar-refractivity contribution in [2.75, 3.05) is 20.8 Å². The second kappa shape index (κ2) is 13.6.